The van der Waals surface area contributed by atoms with Gasteiger partial charge in [-0.15, -0.1) is 0 Å². The molecule has 0 spiro atoms. The van der Waals surface area contributed by atoms with Gasteiger partial charge >= 0.3 is 5.97 Å². The van der Waals surface area contributed by atoms with E-state index in [-0.39, 0.29) is 10.6 Å². The molecule has 1 N–H and O–H groups in total. The third-order valence-electron chi connectivity index (χ3n) is 3.42. The highest BCUT2D eigenvalue weighted by Crippen LogP contribution is 2.26. The van der Waals surface area contributed by atoms with Crippen molar-refractivity contribution in [3.8, 4) is 5.75 Å². The van der Waals surface area contributed by atoms with E-state index < -0.39 is 18.0 Å². The summed E-state index contributed by atoms with van der Waals surface area (Å²) in [5, 5.41) is 3.25. The lowest BCUT2D eigenvalue weighted by Gasteiger charge is -2.16. The Hall–Kier alpha value is -2.24. The zero-order chi connectivity index (χ0) is 18.6. The second kappa shape index (κ2) is 8.23. The molecule has 0 bridgehead atoms. The maximum atomic E-state index is 12.3. The molecule has 0 unspecified atom stereocenters. The molecule has 7 heteroatoms. The average molecular weight is 382 g/mol. The molecule has 0 aromatic heterocycles. The van der Waals surface area contributed by atoms with Gasteiger partial charge in [0.05, 0.1) is 23.4 Å². The number of aryl methyl sites for hydroxylation is 1. The van der Waals surface area contributed by atoms with Crippen molar-refractivity contribution in [2.75, 3.05) is 12.4 Å². The fraction of sp³-hybridized carbons (Fsp3) is 0.222. The topological polar surface area (TPSA) is 64.6 Å². The number of hydrogen-bond donors (Lipinski definition) is 1. The second-order valence-electron chi connectivity index (χ2n) is 5.36. The minimum atomic E-state index is -1.02. The molecule has 0 aliphatic heterocycles. The third-order valence-corrected chi connectivity index (χ3v) is 3.96. The molecule has 0 aliphatic carbocycles. The number of halogens is 2. The van der Waals surface area contributed by atoms with Gasteiger partial charge in [-0.1, -0.05) is 29.3 Å². The number of amides is 1. The Morgan fingerprint density at radius 2 is 1.84 bits per heavy atom. The van der Waals surface area contributed by atoms with E-state index in [4.69, 9.17) is 32.7 Å². The molecule has 2 aromatic carbocycles. The van der Waals surface area contributed by atoms with Gasteiger partial charge in [0.15, 0.2) is 6.10 Å². The number of rotatable bonds is 5. The highest BCUT2D eigenvalue weighted by Gasteiger charge is 2.21. The molecule has 2 aromatic rings. The number of methoxy groups -OCH3 is 1. The van der Waals surface area contributed by atoms with Gasteiger partial charge in [-0.25, -0.2) is 4.79 Å². The maximum absolute atomic E-state index is 12.3. The van der Waals surface area contributed by atoms with Gasteiger partial charge in [0.2, 0.25) is 0 Å². The summed E-state index contributed by atoms with van der Waals surface area (Å²) in [5.74, 6) is -0.680. The Bertz CT molecular complexity index is 808. The number of anilines is 1. The van der Waals surface area contributed by atoms with E-state index in [1.165, 1.54) is 32.2 Å². The van der Waals surface area contributed by atoms with Crippen LogP contribution in [0.25, 0.3) is 0 Å². The summed E-state index contributed by atoms with van der Waals surface area (Å²) in [6, 6.07) is 9.77. The Labute approximate surface area is 155 Å². The van der Waals surface area contributed by atoms with Crippen LogP contribution in [0, 0.1) is 6.92 Å². The van der Waals surface area contributed by atoms with Gasteiger partial charge in [-0.05, 0) is 49.7 Å². The molecule has 0 saturated carbocycles. The minimum Gasteiger partial charge on any atom is -0.495 e. The number of esters is 1. The van der Waals surface area contributed by atoms with Crippen LogP contribution < -0.4 is 10.1 Å². The van der Waals surface area contributed by atoms with Crippen molar-refractivity contribution in [3.63, 3.8) is 0 Å². The largest absolute Gasteiger partial charge is 0.495 e. The summed E-state index contributed by atoms with van der Waals surface area (Å²) in [7, 11) is 1.51. The highest BCUT2D eigenvalue weighted by atomic mass is 35.5. The number of benzene rings is 2. The van der Waals surface area contributed by atoms with Crippen LogP contribution in [0.1, 0.15) is 22.8 Å². The molecule has 0 saturated heterocycles. The van der Waals surface area contributed by atoms with E-state index in [0.29, 0.717) is 16.5 Å². The van der Waals surface area contributed by atoms with Crippen LogP contribution in [0.4, 0.5) is 5.69 Å². The number of hydrogen-bond acceptors (Lipinski definition) is 4. The van der Waals surface area contributed by atoms with Crippen molar-refractivity contribution in [2.24, 2.45) is 0 Å². The predicted molar refractivity (Wildman–Crippen MR) is 97.7 cm³/mol. The summed E-state index contributed by atoms with van der Waals surface area (Å²) in [6.07, 6.45) is -1.02. The first-order valence-electron chi connectivity index (χ1n) is 7.43. The lowest BCUT2D eigenvalue weighted by atomic mass is 10.2. The van der Waals surface area contributed by atoms with E-state index in [1.54, 1.807) is 12.1 Å². The first kappa shape index (κ1) is 19.1. The zero-order valence-electron chi connectivity index (χ0n) is 13.9. The number of carbonyl (C=O) groups excluding carboxylic acids is 2. The summed E-state index contributed by atoms with van der Waals surface area (Å²) in [4.78, 5) is 24.5. The van der Waals surface area contributed by atoms with Gasteiger partial charge in [-0.2, -0.15) is 0 Å². The normalized spacial score (nSPS) is 11.6. The average Bonchev–Trinajstić information content (AvgIpc) is 2.54. The lowest BCUT2D eigenvalue weighted by molar-refractivity contribution is -0.123. The zero-order valence-corrected chi connectivity index (χ0v) is 15.4. The monoisotopic (exact) mass is 381 g/mol. The van der Waals surface area contributed by atoms with Crippen LogP contribution >= 0.6 is 23.2 Å². The van der Waals surface area contributed by atoms with E-state index >= 15 is 0 Å². The number of carbonyl (C=O) groups is 2. The second-order valence-corrected chi connectivity index (χ2v) is 6.21. The molecular formula is C18H17Cl2NO4. The summed E-state index contributed by atoms with van der Waals surface area (Å²) < 4.78 is 10.4. The molecule has 0 fully saturated rings. The molecule has 0 radical (unpaired) electrons. The standard InChI is InChI=1S/C18H17Cl2NO4/c1-10-4-7-16(24-3)15(8-10)21-17(22)11(2)25-18(23)13-6-5-12(19)9-14(13)20/h4-9,11H,1-3H3,(H,21,22)/t11-/m1/s1. The maximum Gasteiger partial charge on any atom is 0.340 e. The van der Waals surface area contributed by atoms with Crippen molar-refractivity contribution in [1.29, 1.82) is 0 Å². The lowest BCUT2D eigenvalue weighted by Crippen LogP contribution is -2.30. The Balaban J connectivity index is 2.07. The van der Waals surface area contributed by atoms with Crippen LogP contribution in [0.5, 0.6) is 5.75 Å². The van der Waals surface area contributed by atoms with E-state index in [1.807, 2.05) is 13.0 Å². The summed E-state index contributed by atoms with van der Waals surface area (Å²) in [6.45, 7) is 3.36. The quantitative estimate of drug-likeness (QED) is 0.774. The van der Waals surface area contributed by atoms with Gasteiger partial charge in [0, 0.05) is 5.02 Å². The number of nitrogens with one attached hydrogen (secondary N) is 1. The van der Waals surface area contributed by atoms with Crippen molar-refractivity contribution < 1.29 is 19.1 Å². The molecule has 132 valence electrons. The minimum absolute atomic E-state index is 0.138. The van der Waals surface area contributed by atoms with Crippen LogP contribution in [-0.2, 0) is 9.53 Å². The molecule has 0 aliphatic rings. The molecular weight excluding hydrogens is 365 g/mol. The van der Waals surface area contributed by atoms with Gasteiger partial charge in [-0.3, -0.25) is 4.79 Å². The first-order valence-corrected chi connectivity index (χ1v) is 8.19. The number of ether oxygens (including phenoxy) is 2. The molecule has 25 heavy (non-hydrogen) atoms. The third kappa shape index (κ3) is 4.87. The Morgan fingerprint density at radius 1 is 1.12 bits per heavy atom. The van der Waals surface area contributed by atoms with Crippen molar-refractivity contribution >= 4 is 40.8 Å². The molecule has 0 heterocycles. The van der Waals surface area contributed by atoms with Crippen molar-refractivity contribution in [2.45, 2.75) is 20.0 Å². The van der Waals surface area contributed by atoms with Crippen molar-refractivity contribution in [1.82, 2.24) is 0 Å². The Morgan fingerprint density at radius 3 is 2.48 bits per heavy atom. The van der Waals surface area contributed by atoms with Crippen LogP contribution in [0.3, 0.4) is 0 Å². The molecule has 1 amide bonds. The first-order chi connectivity index (χ1) is 11.8. The molecule has 5 nitrogen and oxygen atoms in total. The smallest absolute Gasteiger partial charge is 0.340 e. The molecule has 2 rings (SSSR count). The van der Waals surface area contributed by atoms with Gasteiger partial charge in [0.25, 0.3) is 5.91 Å². The molecule has 1 atom stereocenters. The van der Waals surface area contributed by atoms with Crippen LogP contribution in [-0.4, -0.2) is 25.1 Å². The SMILES string of the molecule is COc1ccc(C)cc1NC(=O)[C@@H](C)OC(=O)c1ccc(Cl)cc1Cl. The van der Waals surface area contributed by atoms with Gasteiger partial charge < -0.3 is 14.8 Å². The predicted octanol–water partition coefficient (Wildman–Crippen LogP) is 4.49. The fourth-order valence-corrected chi connectivity index (χ4v) is 2.57. The van der Waals surface area contributed by atoms with E-state index in [2.05, 4.69) is 5.32 Å². The van der Waals surface area contributed by atoms with Crippen LogP contribution in [0.2, 0.25) is 10.0 Å². The summed E-state index contributed by atoms with van der Waals surface area (Å²) >= 11 is 11.8. The van der Waals surface area contributed by atoms with E-state index in [9.17, 15) is 9.59 Å². The van der Waals surface area contributed by atoms with E-state index in [0.717, 1.165) is 5.56 Å². The Kier molecular flexibility index (Phi) is 6.28. The highest BCUT2D eigenvalue weighted by molar-refractivity contribution is 6.36. The van der Waals surface area contributed by atoms with Gasteiger partial charge in [0.1, 0.15) is 5.75 Å². The van der Waals surface area contributed by atoms with Crippen molar-refractivity contribution in [3.05, 3.63) is 57.6 Å². The fourth-order valence-electron chi connectivity index (χ4n) is 2.09. The van der Waals surface area contributed by atoms with Crippen LogP contribution in [0.15, 0.2) is 36.4 Å². The summed E-state index contributed by atoms with van der Waals surface area (Å²) in [5.41, 5.74) is 1.59.